The Kier molecular flexibility index (Phi) is 3.51. The summed E-state index contributed by atoms with van der Waals surface area (Å²) in [6, 6.07) is 0. The van der Waals surface area contributed by atoms with Gasteiger partial charge in [0.1, 0.15) is 4.66 Å². The van der Waals surface area contributed by atoms with E-state index in [1.54, 1.807) is 0 Å². The molecule has 0 aromatic carbocycles. The zero-order valence-corrected chi connectivity index (χ0v) is 9.27. The Labute approximate surface area is 81.1 Å². The van der Waals surface area contributed by atoms with E-state index in [0.29, 0.717) is 19.7 Å². The molecule has 0 radical (unpaired) electrons. The van der Waals surface area contributed by atoms with E-state index < -0.39 is 10.0 Å². The molecule has 1 atom stereocenters. The van der Waals surface area contributed by atoms with Gasteiger partial charge in [-0.3, -0.25) is 0 Å². The molecule has 1 heterocycles. The van der Waals surface area contributed by atoms with Gasteiger partial charge in [-0.15, -0.1) is 0 Å². The molecule has 12 heavy (non-hydrogen) atoms. The summed E-state index contributed by atoms with van der Waals surface area (Å²) in [7, 11) is -3.08. The first kappa shape index (κ1) is 10.4. The summed E-state index contributed by atoms with van der Waals surface area (Å²) in [5, 5.41) is 0. The van der Waals surface area contributed by atoms with Gasteiger partial charge in [0.05, 0.1) is 12.7 Å². The molecule has 72 valence electrons. The normalized spacial score (nSPS) is 27.3. The van der Waals surface area contributed by atoms with Gasteiger partial charge in [-0.1, -0.05) is 15.9 Å². The van der Waals surface area contributed by atoms with Crippen LogP contribution in [-0.4, -0.2) is 43.2 Å². The van der Waals surface area contributed by atoms with E-state index in [9.17, 15) is 8.42 Å². The van der Waals surface area contributed by atoms with Crippen molar-refractivity contribution in [1.82, 2.24) is 4.31 Å². The van der Waals surface area contributed by atoms with Crippen molar-refractivity contribution >= 4 is 26.0 Å². The van der Waals surface area contributed by atoms with Crippen LogP contribution in [0.2, 0.25) is 0 Å². The van der Waals surface area contributed by atoms with E-state index in [1.165, 1.54) is 4.31 Å². The summed E-state index contributed by atoms with van der Waals surface area (Å²) >= 11 is 2.96. The van der Waals surface area contributed by atoms with Crippen LogP contribution in [-0.2, 0) is 14.8 Å². The standard InChI is InChI=1S/C6H12BrNO3S/c1-6-4-8(2-3-11-6)12(9,10)5-7/h6H,2-5H2,1H3/t6-/m0/s1. The zero-order chi connectivity index (χ0) is 9.19. The molecule has 0 aromatic rings. The molecule has 6 heteroatoms. The summed E-state index contributed by atoms with van der Waals surface area (Å²) < 4.78 is 29.3. The van der Waals surface area contributed by atoms with Gasteiger partial charge in [0, 0.05) is 13.1 Å². The largest absolute Gasteiger partial charge is 0.376 e. The van der Waals surface area contributed by atoms with Gasteiger partial charge in [-0.25, -0.2) is 8.42 Å². The third-order valence-corrected chi connectivity index (χ3v) is 4.86. The molecule has 0 aliphatic carbocycles. The van der Waals surface area contributed by atoms with Crippen LogP contribution in [0.1, 0.15) is 6.92 Å². The van der Waals surface area contributed by atoms with Crippen molar-refractivity contribution in [1.29, 1.82) is 0 Å². The summed E-state index contributed by atoms with van der Waals surface area (Å²) in [6.07, 6.45) is 0.00701. The van der Waals surface area contributed by atoms with Crippen molar-refractivity contribution in [2.24, 2.45) is 0 Å². The predicted octanol–water partition coefficient (Wildman–Crippen LogP) is 0.389. The molecule has 0 amide bonds. The Morgan fingerprint density at radius 2 is 2.33 bits per heavy atom. The van der Waals surface area contributed by atoms with Crippen molar-refractivity contribution in [3.05, 3.63) is 0 Å². The Morgan fingerprint density at radius 3 is 2.83 bits per heavy atom. The molecule has 1 saturated heterocycles. The average molecular weight is 258 g/mol. The minimum atomic E-state index is -3.08. The predicted molar refractivity (Wildman–Crippen MR) is 49.7 cm³/mol. The lowest BCUT2D eigenvalue weighted by Crippen LogP contribution is -2.44. The van der Waals surface area contributed by atoms with E-state index in [1.807, 2.05) is 6.92 Å². The number of nitrogens with zero attached hydrogens (tertiary/aromatic N) is 1. The topological polar surface area (TPSA) is 46.6 Å². The van der Waals surface area contributed by atoms with Crippen molar-refractivity contribution < 1.29 is 13.2 Å². The summed E-state index contributed by atoms with van der Waals surface area (Å²) in [5.74, 6) is 0. The molecule has 1 aliphatic heterocycles. The summed E-state index contributed by atoms with van der Waals surface area (Å²) in [5.41, 5.74) is 0. The minimum absolute atomic E-state index is 0.00701. The van der Waals surface area contributed by atoms with Crippen LogP contribution in [0, 0.1) is 0 Å². The fourth-order valence-electron chi connectivity index (χ4n) is 1.11. The van der Waals surface area contributed by atoms with Crippen LogP contribution >= 0.6 is 15.9 Å². The SMILES string of the molecule is C[C@H]1CN(S(=O)(=O)CBr)CCO1. The number of rotatable bonds is 2. The van der Waals surface area contributed by atoms with Crippen molar-refractivity contribution in [3.63, 3.8) is 0 Å². The highest BCUT2D eigenvalue weighted by Crippen LogP contribution is 2.11. The lowest BCUT2D eigenvalue weighted by molar-refractivity contribution is 0.0103. The molecule has 0 unspecified atom stereocenters. The quantitative estimate of drug-likeness (QED) is 0.673. The second kappa shape index (κ2) is 4.04. The Morgan fingerprint density at radius 1 is 1.67 bits per heavy atom. The van der Waals surface area contributed by atoms with Gasteiger partial charge >= 0.3 is 0 Å². The first-order valence-electron chi connectivity index (χ1n) is 3.71. The highest BCUT2D eigenvalue weighted by molar-refractivity contribution is 9.10. The molecule has 1 aliphatic rings. The third kappa shape index (κ3) is 2.42. The van der Waals surface area contributed by atoms with Gasteiger partial charge in [-0.05, 0) is 6.92 Å². The van der Waals surface area contributed by atoms with Gasteiger partial charge in [0.2, 0.25) is 10.0 Å². The smallest absolute Gasteiger partial charge is 0.224 e. The van der Waals surface area contributed by atoms with Crippen LogP contribution in [0.3, 0.4) is 0 Å². The Hall–Kier alpha value is 0.350. The van der Waals surface area contributed by atoms with E-state index >= 15 is 0 Å². The molecule has 0 N–H and O–H groups in total. The lowest BCUT2D eigenvalue weighted by atomic mass is 10.3. The molecule has 1 rings (SSSR count). The second-order valence-electron chi connectivity index (χ2n) is 2.76. The summed E-state index contributed by atoms with van der Waals surface area (Å²) in [4.78, 5) is 0. The number of hydrogen-bond donors (Lipinski definition) is 0. The van der Waals surface area contributed by atoms with Crippen LogP contribution < -0.4 is 0 Å². The number of alkyl halides is 1. The number of halogens is 1. The highest BCUT2D eigenvalue weighted by Gasteiger charge is 2.26. The van der Waals surface area contributed by atoms with E-state index in [0.717, 1.165) is 0 Å². The van der Waals surface area contributed by atoms with Crippen LogP contribution in [0.15, 0.2) is 0 Å². The first-order chi connectivity index (χ1) is 5.56. The maximum Gasteiger partial charge on any atom is 0.224 e. The Bertz CT molecular complexity index is 241. The minimum Gasteiger partial charge on any atom is -0.376 e. The molecule has 0 aromatic heterocycles. The average Bonchev–Trinajstić information content (AvgIpc) is 2.05. The Balaban J connectivity index is 2.63. The lowest BCUT2D eigenvalue weighted by Gasteiger charge is -2.29. The molecule has 0 saturated carbocycles. The van der Waals surface area contributed by atoms with Gasteiger partial charge in [0.15, 0.2) is 0 Å². The molecule has 0 spiro atoms. The zero-order valence-electron chi connectivity index (χ0n) is 6.86. The monoisotopic (exact) mass is 257 g/mol. The van der Waals surface area contributed by atoms with E-state index in [2.05, 4.69) is 15.9 Å². The van der Waals surface area contributed by atoms with Crippen molar-refractivity contribution in [3.8, 4) is 0 Å². The second-order valence-corrected chi connectivity index (χ2v) is 6.03. The highest BCUT2D eigenvalue weighted by atomic mass is 79.9. The van der Waals surface area contributed by atoms with Crippen LogP contribution in [0.5, 0.6) is 0 Å². The maximum absolute atomic E-state index is 11.3. The molecule has 4 nitrogen and oxygen atoms in total. The number of ether oxygens (including phenoxy) is 1. The third-order valence-electron chi connectivity index (χ3n) is 1.74. The van der Waals surface area contributed by atoms with Crippen LogP contribution in [0.4, 0.5) is 0 Å². The van der Waals surface area contributed by atoms with Crippen LogP contribution in [0.25, 0.3) is 0 Å². The van der Waals surface area contributed by atoms with E-state index in [4.69, 9.17) is 4.74 Å². The summed E-state index contributed by atoms with van der Waals surface area (Å²) in [6.45, 7) is 3.30. The van der Waals surface area contributed by atoms with Crippen molar-refractivity contribution in [2.75, 3.05) is 24.4 Å². The van der Waals surface area contributed by atoms with E-state index in [-0.39, 0.29) is 10.8 Å². The number of sulfonamides is 1. The van der Waals surface area contributed by atoms with Crippen molar-refractivity contribution in [2.45, 2.75) is 13.0 Å². The molecular formula is C6H12BrNO3S. The maximum atomic E-state index is 11.3. The van der Waals surface area contributed by atoms with Gasteiger partial charge in [0.25, 0.3) is 0 Å². The molecule has 0 bridgehead atoms. The molecular weight excluding hydrogens is 246 g/mol. The fourth-order valence-corrected chi connectivity index (χ4v) is 2.90. The number of hydrogen-bond acceptors (Lipinski definition) is 3. The van der Waals surface area contributed by atoms with Gasteiger partial charge in [-0.2, -0.15) is 4.31 Å². The first-order valence-corrected chi connectivity index (χ1v) is 6.44. The fraction of sp³-hybridized carbons (Fsp3) is 1.00. The molecule has 1 fully saturated rings. The van der Waals surface area contributed by atoms with Gasteiger partial charge < -0.3 is 4.74 Å². The number of morpholine rings is 1.